The van der Waals surface area contributed by atoms with Crippen LogP contribution in [0.4, 0.5) is 0 Å². The summed E-state index contributed by atoms with van der Waals surface area (Å²) in [5.41, 5.74) is 1.88. The first-order valence-corrected chi connectivity index (χ1v) is 6.05. The van der Waals surface area contributed by atoms with E-state index in [-0.39, 0.29) is 6.04 Å². The molecule has 0 fully saturated rings. The van der Waals surface area contributed by atoms with E-state index in [9.17, 15) is 0 Å². The zero-order valence-corrected chi connectivity index (χ0v) is 11.1. The monoisotopic (exact) mass is 262 g/mol. The number of nitrogens with one attached hydrogen (secondary N) is 1. The molecular formula is C14H15ClN2O. The molecule has 0 aliphatic carbocycles. The molecule has 0 radical (unpaired) electrons. The molecule has 1 aromatic carbocycles. The highest BCUT2D eigenvalue weighted by Crippen LogP contribution is 2.27. The Morgan fingerprint density at radius 1 is 1.28 bits per heavy atom. The van der Waals surface area contributed by atoms with E-state index in [1.165, 1.54) is 0 Å². The van der Waals surface area contributed by atoms with Crippen LogP contribution in [0.3, 0.4) is 0 Å². The number of nitrogens with zero attached hydrogens (tertiary/aromatic N) is 1. The van der Waals surface area contributed by atoms with Gasteiger partial charge in [0.05, 0.1) is 23.9 Å². The minimum Gasteiger partial charge on any atom is -0.497 e. The quantitative estimate of drug-likeness (QED) is 0.920. The molecule has 3 nitrogen and oxygen atoms in total. The third-order valence-corrected chi connectivity index (χ3v) is 3.10. The first-order valence-electron chi connectivity index (χ1n) is 5.68. The van der Waals surface area contributed by atoms with E-state index in [1.54, 1.807) is 13.3 Å². The summed E-state index contributed by atoms with van der Waals surface area (Å²) in [6, 6.07) is 11.5. The van der Waals surface area contributed by atoms with Crippen molar-refractivity contribution >= 4 is 11.6 Å². The van der Waals surface area contributed by atoms with Crippen LogP contribution in [-0.2, 0) is 0 Å². The molecule has 1 aromatic heterocycles. The number of methoxy groups -OCH3 is 1. The molecule has 94 valence electrons. The molecule has 0 aliphatic heterocycles. The molecule has 0 aliphatic rings. The number of hydrogen-bond acceptors (Lipinski definition) is 3. The lowest BCUT2D eigenvalue weighted by Gasteiger charge is -2.17. The van der Waals surface area contributed by atoms with Crippen molar-refractivity contribution in [3.8, 4) is 5.75 Å². The number of halogens is 1. The fourth-order valence-corrected chi connectivity index (χ4v) is 2.12. The Bertz CT molecular complexity index is 531. The minimum atomic E-state index is -0.0474. The average molecular weight is 263 g/mol. The van der Waals surface area contributed by atoms with Crippen LogP contribution in [0, 0.1) is 0 Å². The number of pyridine rings is 1. The van der Waals surface area contributed by atoms with Gasteiger partial charge in [-0.05, 0) is 36.9 Å². The summed E-state index contributed by atoms with van der Waals surface area (Å²) in [5.74, 6) is 0.819. The molecule has 2 rings (SSSR count). The van der Waals surface area contributed by atoms with E-state index in [4.69, 9.17) is 16.3 Å². The first kappa shape index (κ1) is 12.9. The number of benzene rings is 1. The Morgan fingerprint density at radius 3 is 2.78 bits per heavy atom. The van der Waals surface area contributed by atoms with Crippen molar-refractivity contribution < 1.29 is 4.74 Å². The van der Waals surface area contributed by atoms with E-state index in [1.807, 2.05) is 43.4 Å². The van der Waals surface area contributed by atoms with Crippen LogP contribution < -0.4 is 10.1 Å². The maximum absolute atomic E-state index is 6.19. The van der Waals surface area contributed by atoms with Gasteiger partial charge in [0.15, 0.2) is 0 Å². The lowest BCUT2D eigenvalue weighted by Crippen LogP contribution is -2.19. The lowest BCUT2D eigenvalue weighted by atomic mass is 10.0. The molecule has 18 heavy (non-hydrogen) atoms. The van der Waals surface area contributed by atoms with Gasteiger partial charge in [-0.3, -0.25) is 4.98 Å². The maximum Gasteiger partial charge on any atom is 0.119 e. The third kappa shape index (κ3) is 2.63. The van der Waals surface area contributed by atoms with Gasteiger partial charge in [-0.2, -0.15) is 0 Å². The van der Waals surface area contributed by atoms with Gasteiger partial charge in [0.1, 0.15) is 5.75 Å². The van der Waals surface area contributed by atoms with Gasteiger partial charge in [0, 0.05) is 6.20 Å². The number of aromatic nitrogens is 1. The maximum atomic E-state index is 6.19. The molecule has 0 saturated heterocycles. The van der Waals surface area contributed by atoms with Crippen LogP contribution in [-0.4, -0.2) is 19.1 Å². The lowest BCUT2D eigenvalue weighted by molar-refractivity contribution is 0.413. The summed E-state index contributed by atoms with van der Waals surface area (Å²) in [6.07, 6.45) is 1.74. The molecule has 1 heterocycles. The summed E-state index contributed by atoms with van der Waals surface area (Å²) >= 11 is 6.19. The van der Waals surface area contributed by atoms with Gasteiger partial charge in [-0.1, -0.05) is 23.7 Å². The zero-order valence-electron chi connectivity index (χ0n) is 10.4. The predicted molar refractivity (Wildman–Crippen MR) is 73.1 cm³/mol. The van der Waals surface area contributed by atoms with Crippen molar-refractivity contribution in [2.24, 2.45) is 0 Å². The van der Waals surface area contributed by atoms with Crippen LogP contribution in [0.5, 0.6) is 5.75 Å². The van der Waals surface area contributed by atoms with Crippen LogP contribution in [0.25, 0.3) is 0 Å². The molecule has 2 aromatic rings. The predicted octanol–water partition coefficient (Wildman–Crippen LogP) is 3.05. The van der Waals surface area contributed by atoms with Crippen LogP contribution >= 0.6 is 11.6 Å². The largest absolute Gasteiger partial charge is 0.497 e. The number of ether oxygens (including phenoxy) is 1. The van der Waals surface area contributed by atoms with E-state index in [2.05, 4.69) is 10.3 Å². The minimum absolute atomic E-state index is 0.0474. The van der Waals surface area contributed by atoms with Crippen molar-refractivity contribution in [2.75, 3.05) is 14.2 Å². The zero-order chi connectivity index (χ0) is 13.0. The smallest absolute Gasteiger partial charge is 0.119 e. The highest BCUT2D eigenvalue weighted by atomic mass is 35.5. The average Bonchev–Trinajstić information content (AvgIpc) is 2.42. The van der Waals surface area contributed by atoms with E-state index >= 15 is 0 Å². The van der Waals surface area contributed by atoms with Crippen LogP contribution in [0.15, 0.2) is 42.6 Å². The van der Waals surface area contributed by atoms with Gasteiger partial charge < -0.3 is 10.1 Å². The molecule has 0 saturated carbocycles. The second kappa shape index (κ2) is 5.85. The third-order valence-electron chi connectivity index (χ3n) is 2.78. The molecule has 1 unspecified atom stereocenters. The molecular weight excluding hydrogens is 248 g/mol. The highest BCUT2D eigenvalue weighted by Gasteiger charge is 2.16. The summed E-state index contributed by atoms with van der Waals surface area (Å²) in [5, 5.41) is 3.88. The van der Waals surface area contributed by atoms with Gasteiger partial charge in [-0.25, -0.2) is 0 Å². The van der Waals surface area contributed by atoms with Crippen LogP contribution in [0.2, 0.25) is 5.02 Å². The Morgan fingerprint density at radius 2 is 2.11 bits per heavy atom. The standard InChI is InChI=1S/C14H15ClN2O/c1-16-13(14-12(15)7-4-8-17-14)10-5-3-6-11(9-10)18-2/h3-9,13,16H,1-2H3. The Labute approximate surface area is 112 Å². The first-order chi connectivity index (χ1) is 8.76. The molecule has 0 bridgehead atoms. The molecule has 0 spiro atoms. The van der Waals surface area contributed by atoms with E-state index in [0.717, 1.165) is 17.0 Å². The summed E-state index contributed by atoms with van der Waals surface area (Å²) in [7, 11) is 3.54. The Hall–Kier alpha value is -1.58. The van der Waals surface area contributed by atoms with E-state index in [0.29, 0.717) is 5.02 Å². The second-order valence-electron chi connectivity index (χ2n) is 3.87. The fourth-order valence-electron chi connectivity index (χ4n) is 1.89. The van der Waals surface area contributed by atoms with Crippen molar-refractivity contribution in [3.05, 3.63) is 58.9 Å². The van der Waals surface area contributed by atoms with Crippen molar-refractivity contribution in [1.29, 1.82) is 0 Å². The van der Waals surface area contributed by atoms with Crippen LogP contribution in [0.1, 0.15) is 17.3 Å². The van der Waals surface area contributed by atoms with Crippen molar-refractivity contribution in [3.63, 3.8) is 0 Å². The Balaban J connectivity index is 2.42. The summed E-state index contributed by atoms with van der Waals surface area (Å²) < 4.78 is 5.23. The van der Waals surface area contributed by atoms with Gasteiger partial charge in [-0.15, -0.1) is 0 Å². The molecule has 4 heteroatoms. The number of hydrogen-bond donors (Lipinski definition) is 1. The van der Waals surface area contributed by atoms with E-state index < -0.39 is 0 Å². The van der Waals surface area contributed by atoms with Gasteiger partial charge in [0.2, 0.25) is 0 Å². The second-order valence-corrected chi connectivity index (χ2v) is 4.28. The topological polar surface area (TPSA) is 34.1 Å². The fraction of sp³-hybridized carbons (Fsp3) is 0.214. The highest BCUT2D eigenvalue weighted by molar-refractivity contribution is 6.31. The normalized spacial score (nSPS) is 12.2. The van der Waals surface area contributed by atoms with Crippen molar-refractivity contribution in [1.82, 2.24) is 10.3 Å². The summed E-state index contributed by atoms with van der Waals surface area (Å²) in [6.45, 7) is 0. The molecule has 0 amide bonds. The molecule has 1 N–H and O–H groups in total. The number of rotatable bonds is 4. The Kier molecular flexibility index (Phi) is 4.18. The van der Waals surface area contributed by atoms with Gasteiger partial charge in [0.25, 0.3) is 0 Å². The summed E-state index contributed by atoms with van der Waals surface area (Å²) in [4.78, 5) is 4.35. The molecule has 1 atom stereocenters. The van der Waals surface area contributed by atoms with Gasteiger partial charge >= 0.3 is 0 Å². The SMILES string of the molecule is CNC(c1cccc(OC)c1)c1ncccc1Cl. The van der Waals surface area contributed by atoms with Crippen molar-refractivity contribution in [2.45, 2.75) is 6.04 Å².